The van der Waals surface area contributed by atoms with Gasteiger partial charge in [0.25, 0.3) is 0 Å². The number of benzene rings is 4. The fourth-order valence-corrected chi connectivity index (χ4v) is 7.30. The maximum atomic E-state index is 9.43. The molecule has 0 spiro atoms. The predicted molar refractivity (Wildman–Crippen MR) is 174 cm³/mol. The van der Waals surface area contributed by atoms with E-state index in [4.69, 9.17) is 28.2 Å². The average molecular weight is 607 g/mol. The smallest absolute Gasteiger partial charge is 0.121 e. The minimum atomic E-state index is 0.308. The molecule has 216 valence electrons. The number of hydrogen-bond acceptors (Lipinski definition) is 4. The summed E-state index contributed by atoms with van der Waals surface area (Å²) in [6, 6.07) is 31.9. The highest BCUT2D eigenvalue weighted by atomic mass is 35.5. The van der Waals surface area contributed by atoms with Gasteiger partial charge >= 0.3 is 0 Å². The number of halogens is 2. The minimum Gasteiger partial charge on any atom is -0.341 e. The lowest BCUT2D eigenvalue weighted by Crippen LogP contribution is -2.43. The van der Waals surface area contributed by atoms with Gasteiger partial charge in [0.1, 0.15) is 5.82 Å². The lowest BCUT2D eigenvalue weighted by Gasteiger charge is -2.44. The molecular weight excluding hydrogens is 573 g/mol. The van der Waals surface area contributed by atoms with Crippen LogP contribution >= 0.6 is 23.2 Å². The molecule has 1 unspecified atom stereocenters. The van der Waals surface area contributed by atoms with Gasteiger partial charge in [0.05, 0.1) is 39.3 Å². The summed E-state index contributed by atoms with van der Waals surface area (Å²) in [4.78, 5) is 13.6. The third-order valence-electron chi connectivity index (χ3n) is 9.10. The van der Waals surface area contributed by atoms with E-state index in [2.05, 4.69) is 75.5 Å². The molecule has 7 rings (SSSR count). The zero-order valence-corrected chi connectivity index (χ0v) is 25.5. The van der Waals surface area contributed by atoms with Gasteiger partial charge < -0.3 is 4.98 Å². The molecule has 43 heavy (non-hydrogen) atoms. The fraction of sp³-hybridized carbons (Fsp3) is 0.278. The molecule has 1 N–H and O–H groups in total. The summed E-state index contributed by atoms with van der Waals surface area (Å²) in [5, 5.41) is 10.5. The number of piperidine rings is 1. The first-order chi connectivity index (χ1) is 21.0. The van der Waals surface area contributed by atoms with Gasteiger partial charge in [-0.3, -0.25) is 9.80 Å². The lowest BCUT2D eigenvalue weighted by atomic mass is 9.79. The first-order valence-electron chi connectivity index (χ1n) is 15.0. The SMILES string of the molecule is N#Cc1cccc(-c2ccc3c(c2)CCN(Cc2nc4cc(Cl)c(Cl)cc4[nH]2)C3C2CCN(Cc3ccccc3)CC2)c1. The first-order valence-corrected chi connectivity index (χ1v) is 15.8. The van der Waals surface area contributed by atoms with Crippen LogP contribution in [-0.4, -0.2) is 39.4 Å². The van der Waals surface area contributed by atoms with E-state index in [0.29, 0.717) is 27.6 Å². The van der Waals surface area contributed by atoms with E-state index in [-0.39, 0.29) is 0 Å². The molecule has 1 saturated heterocycles. The van der Waals surface area contributed by atoms with E-state index in [9.17, 15) is 5.26 Å². The second kappa shape index (κ2) is 12.1. The van der Waals surface area contributed by atoms with Crippen molar-refractivity contribution in [3.05, 3.63) is 123 Å². The highest BCUT2D eigenvalue weighted by molar-refractivity contribution is 6.42. The number of fused-ring (bicyclic) bond motifs is 2. The van der Waals surface area contributed by atoms with Crippen molar-refractivity contribution in [2.75, 3.05) is 19.6 Å². The molecule has 0 saturated carbocycles. The van der Waals surface area contributed by atoms with Crippen molar-refractivity contribution in [1.82, 2.24) is 19.8 Å². The normalized spacial score (nSPS) is 18.0. The molecule has 4 aromatic carbocycles. The molecule has 0 radical (unpaired) electrons. The molecule has 7 heteroatoms. The Balaban J connectivity index is 1.18. The molecule has 2 aliphatic rings. The van der Waals surface area contributed by atoms with Crippen LogP contribution < -0.4 is 0 Å². The molecular formula is C36H33Cl2N5. The summed E-state index contributed by atoms with van der Waals surface area (Å²) in [5.41, 5.74) is 8.93. The van der Waals surface area contributed by atoms with Gasteiger partial charge in [0.15, 0.2) is 0 Å². The van der Waals surface area contributed by atoms with Crippen molar-refractivity contribution in [2.24, 2.45) is 5.92 Å². The molecule has 5 aromatic rings. The number of imidazole rings is 1. The summed E-state index contributed by atoms with van der Waals surface area (Å²) in [5.74, 6) is 1.49. The van der Waals surface area contributed by atoms with Crippen molar-refractivity contribution in [1.29, 1.82) is 5.26 Å². The summed E-state index contributed by atoms with van der Waals surface area (Å²) >= 11 is 12.6. The highest BCUT2D eigenvalue weighted by Crippen LogP contribution is 2.42. The van der Waals surface area contributed by atoms with Crippen LogP contribution in [0.5, 0.6) is 0 Å². The van der Waals surface area contributed by atoms with Gasteiger partial charge in [0.2, 0.25) is 0 Å². The van der Waals surface area contributed by atoms with Gasteiger partial charge in [-0.2, -0.15) is 5.26 Å². The van der Waals surface area contributed by atoms with E-state index >= 15 is 0 Å². The molecule has 0 amide bonds. The van der Waals surface area contributed by atoms with Crippen LogP contribution in [0.15, 0.2) is 84.9 Å². The number of rotatable bonds is 6. The van der Waals surface area contributed by atoms with Crippen molar-refractivity contribution >= 4 is 34.2 Å². The average Bonchev–Trinajstić information content (AvgIpc) is 3.42. The van der Waals surface area contributed by atoms with Crippen LogP contribution in [0.4, 0.5) is 0 Å². The molecule has 0 bridgehead atoms. The highest BCUT2D eigenvalue weighted by Gasteiger charge is 2.36. The Bertz CT molecular complexity index is 1760. The Morgan fingerprint density at radius 3 is 2.44 bits per heavy atom. The Labute approximate surface area is 262 Å². The maximum Gasteiger partial charge on any atom is 0.121 e. The second-order valence-electron chi connectivity index (χ2n) is 11.8. The quantitative estimate of drug-likeness (QED) is 0.211. The number of H-pyrrole nitrogens is 1. The van der Waals surface area contributed by atoms with Crippen LogP contribution in [-0.2, 0) is 19.5 Å². The van der Waals surface area contributed by atoms with Crippen LogP contribution in [0.2, 0.25) is 10.0 Å². The summed E-state index contributed by atoms with van der Waals surface area (Å²) < 4.78 is 0. The monoisotopic (exact) mass is 605 g/mol. The first kappa shape index (κ1) is 28.1. The number of aromatic nitrogens is 2. The Morgan fingerprint density at radius 2 is 1.63 bits per heavy atom. The molecule has 2 aliphatic heterocycles. The van der Waals surface area contributed by atoms with Crippen LogP contribution in [0, 0.1) is 17.2 Å². The van der Waals surface area contributed by atoms with Crippen LogP contribution in [0.1, 0.15) is 47.0 Å². The summed E-state index contributed by atoms with van der Waals surface area (Å²) in [7, 11) is 0. The lowest BCUT2D eigenvalue weighted by molar-refractivity contribution is 0.0701. The molecule has 1 fully saturated rings. The van der Waals surface area contributed by atoms with Crippen molar-refractivity contribution < 1.29 is 0 Å². The molecule has 1 atom stereocenters. The van der Waals surface area contributed by atoms with Gasteiger partial charge in [-0.25, -0.2) is 4.98 Å². The van der Waals surface area contributed by atoms with E-state index in [0.717, 1.165) is 74.4 Å². The van der Waals surface area contributed by atoms with Gasteiger partial charge in [-0.05, 0) is 90.4 Å². The maximum absolute atomic E-state index is 9.43. The Morgan fingerprint density at radius 1 is 0.837 bits per heavy atom. The van der Waals surface area contributed by atoms with Crippen LogP contribution in [0.25, 0.3) is 22.2 Å². The van der Waals surface area contributed by atoms with Crippen molar-refractivity contribution in [2.45, 2.75) is 38.4 Å². The van der Waals surface area contributed by atoms with Crippen molar-refractivity contribution in [3.8, 4) is 17.2 Å². The van der Waals surface area contributed by atoms with Gasteiger partial charge in [0, 0.05) is 19.1 Å². The van der Waals surface area contributed by atoms with Crippen LogP contribution in [0.3, 0.4) is 0 Å². The zero-order valence-electron chi connectivity index (χ0n) is 23.9. The largest absolute Gasteiger partial charge is 0.341 e. The molecule has 1 aromatic heterocycles. The van der Waals surface area contributed by atoms with Gasteiger partial charge in [-0.15, -0.1) is 0 Å². The third kappa shape index (κ3) is 5.94. The topological polar surface area (TPSA) is 59.0 Å². The number of nitriles is 1. The Kier molecular flexibility index (Phi) is 7.95. The third-order valence-corrected chi connectivity index (χ3v) is 9.82. The number of aromatic amines is 1. The van der Waals surface area contributed by atoms with E-state index in [1.54, 1.807) is 0 Å². The van der Waals surface area contributed by atoms with E-state index in [1.807, 2.05) is 30.3 Å². The minimum absolute atomic E-state index is 0.308. The van der Waals surface area contributed by atoms with Crippen molar-refractivity contribution in [3.63, 3.8) is 0 Å². The fourth-order valence-electron chi connectivity index (χ4n) is 6.98. The zero-order chi connectivity index (χ0) is 29.3. The van der Waals surface area contributed by atoms with E-state index in [1.165, 1.54) is 22.3 Å². The number of nitrogens with zero attached hydrogens (tertiary/aromatic N) is 4. The Hall–Kier alpha value is -3.66. The molecule has 0 aliphatic carbocycles. The summed E-state index contributed by atoms with van der Waals surface area (Å²) in [6.07, 6.45) is 3.29. The van der Waals surface area contributed by atoms with E-state index < -0.39 is 0 Å². The molecule has 3 heterocycles. The predicted octanol–water partition coefficient (Wildman–Crippen LogP) is 8.42. The number of nitrogens with one attached hydrogen (secondary N) is 1. The summed E-state index contributed by atoms with van der Waals surface area (Å²) in [6.45, 7) is 4.90. The second-order valence-corrected chi connectivity index (χ2v) is 12.7. The number of likely N-dealkylation sites (tertiary alicyclic amines) is 1. The number of hydrogen-bond donors (Lipinski definition) is 1. The standard InChI is InChI=1S/C36H33Cl2N5/c37-31-19-33-34(20-32(31)38)41-35(40-33)23-43-16-13-29-18-28(27-8-4-7-25(17-27)21-39)9-10-30(29)36(43)26-11-14-42(15-12-26)22-24-5-2-1-3-6-24/h1-10,17-20,26,36H,11-16,22-23H2,(H,40,41). The molecule has 5 nitrogen and oxygen atoms in total. The van der Waals surface area contributed by atoms with Gasteiger partial charge in [-0.1, -0.05) is 83.9 Å².